The predicted molar refractivity (Wildman–Crippen MR) is 76.0 cm³/mol. The van der Waals surface area contributed by atoms with E-state index in [0.717, 1.165) is 26.1 Å². The highest BCUT2D eigenvalue weighted by atomic mass is 15.1. The highest BCUT2D eigenvalue weighted by Crippen LogP contribution is 2.23. The fourth-order valence-electron chi connectivity index (χ4n) is 2.41. The largest absolute Gasteiger partial charge is 0.299 e. The summed E-state index contributed by atoms with van der Waals surface area (Å²) in [6, 6.07) is 13.0. The van der Waals surface area contributed by atoms with Crippen LogP contribution in [0, 0.1) is 23.2 Å². The lowest BCUT2D eigenvalue weighted by Gasteiger charge is -2.33. The molecule has 0 aromatic heterocycles. The average Bonchev–Trinajstić information content (AvgIpc) is 2.42. The minimum atomic E-state index is 0.257. The molecule has 0 N–H and O–H groups in total. The summed E-state index contributed by atoms with van der Waals surface area (Å²) < 4.78 is 0. The second-order valence-corrected chi connectivity index (χ2v) is 4.72. The molecule has 0 saturated carbocycles. The van der Waals surface area contributed by atoms with E-state index in [-0.39, 0.29) is 5.92 Å². The molecule has 0 bridgehead atoms. The smallest absolute Gasteiger partial charge is 0.0659 e. The molecular formula is C16H24N2. The Labute approximate surface area is 111 Å². The molecule has 1 aliphatic rings. The van der Waals surface area contributed by atoms with Crippen LogP contribution in [0.25, 0.3) is 0 Å². The number of hydrogen-bond donors (Lipinski definition) is 0. The van der Waals surface area contributed by atoms with Crippen LogP contribution in [0.15, 0.2) is 30.3 Å². The molecule has 1 aromatic rings. The Hall–Kier alpha value is -1.33. The number of likely N-dealkylation sites (tertiary alicyclic amines) is 1. The van der Waals surface area contributed by atoms with Gasteiger partial charge in [-0.25, -0.2) is 0 Å². The van der Waals surface area contributed by atoms with Gasteiger partial charge >= 0.3 is 0 Å². The molecule has 1 heterocycles. The summed E-state index contributed by atoms with van der Waals surface area (Å²) in [5.41, 5.74) is 1.37. The Morgan fingerprint density at radius 1 is 1.28 bits per heavy atom. The van der Waals surface area contributed by atoms with Gasteiger partial charge in [0.05, 0.1) is 12.0 Å². The quantitative estimate of drug-likeness (QED) is 0.793. The summed E-state index contributed by atoms with van der Waals surface area (Å²) in [7, 11) is 0. The molecule has 0 spiro atoms. The summed E-state index contributed by atoms with van der Waals surface area (Å²) in [5, 5.41) is 8.97. The Balaban J connectivity index is 0.000000771. The van der Waals surface area contributed by atoms with Gasteiger partial charge in [0.25, 0.3) is 0 Å². The van der Waals surface area contributed by atoms with Gasteiger partial charge in [0.1, 0.15) is 0 Å². The molecule has 2 atom stereocenters. The van der Waals surface area contributed by atoms with Gasteiger partial charge in [-0.3, -0.25) is 4.90 Å². The summed E-state index contributed by atoms with van der Waals surface area (Å²) in [6.45, 7) is 9.30. The third kappa shape index (κ3) is 4.16. The van der Waals surface area contributed by atoms with Crippen molar-refractivity contribution in [3.63, 3.8) is 0 Å². The van der Waals surface area contributed by atoms with Crippen LogP contribution in [0.1, 0.15) is 32.8 Å². The predicted octanol–water partition coefficient (Wildman–Crippen LogP) is 3.69. The van der Waals surface area contributed by atoms with Gasteiger partial charge < -0.3 is 0 Å². The maximum absolute atomic E-state index is 8.97. The van der Waals surface area contributed by atoms with Crippen molar-refractivity contribution in [1.82, 2.24) is 4.90 Å². The van der Waals surface area contributed by atoms with Crippen molar-refractivity contribution < 1.29 is 0 Å². The van der Waals surface area contributed by atoms with Gasteiger partial charge in [-0.05, 0) is 24.4 Å². The van der Waals surface area contributed by atoms with Gasteiger partial charge in [0, 0.05) is 13.1 Å². The summed E-state index contributed by atoms with van der Waals surface area (Å²) in [4.78, 5) is 2.45. The zero-order valence-electron chi connectivity index (χ0n) is 11.8. The van der Waals surface area contributed by atoms with Crippen LogP contribution in [-0.4, -0.2) is 18.0 Å². The van der Waals surface area contributed by atoms with E-state index >= 15 is 0 Å². The van der Waals surface area contributed by atoms with E-state index in [0.29, 0.717) is 5.92 Å². The van der Waals surface area contributed by atoms with Crippen molar-refractivity contribution in [3.05, 3.63) is 35.9 Å². The molecule has 0 radical (unpaired) electrons. The van der Waals surface area contributed by atoms with Crippen LogP contribution < -0.4 is 0 Å². The fourth-order valence-corrected chi connectivity index (χ4v) is 2.41. The lowest BCUT2D eigenvalue weighted by Crippen LogP contribution is -2.38. The molecule has 2 unspecified atom stereocenters. The van der Waals surface area contributed by atoms with Gasteiger partial charge in [0.15, 0.2) is 0 Å². The first kappa shape index (κ1) is 14.7. The van der Waals surface area contributed by atoms with Crippen molar-refractivity contribution in [2.24, 2.45) is 11.8 Å². The minimum absolute atomic E-state index is 0.257. The number of nitriles is 1. The number of benzene rings is 1. The Bertz CT molecular complexity index is 366. The van der Waals surface area contributed by atoms with E-state index in [1.807, 2.05) is 19.9 Å². The number of piperidine rings is 1. The number of nitrogens with zero attached hydrogens (tertiary/aromatic N) is 2. The first-order valence-electron chi connectivity index (χ1n) is 6.95. The summed E-state index contributed by atoms with van der Waals surface area (Å²) in [5.74, 6) is 0.759. The zero-order chi connectivity index (χ0) is 13.4. The summed E-state index contributed by atoms with van der Waals surface area (Å²) >= 11 is 0. The zero-order valence-corrected chi connectivity index (χ0v) is 11.8. The first-order valence-corrected chi connectivity index (χ1v) is 6.95. The monoisotopic (exact) mass is 244 g/mol. The molecule has 0 aliphatic carbocycles. The lowest BCUT2D eigenvalue weighted by atomic mass is 9.88. The molecule has 2 heteroatoms. The van der Waals surface area contributed by atoms with Crippen LogP contribution >= 0.6 is 0 Å². The number of hydrogen-bond acceptors (Lipinski definition) is 2. The third-order valence-electron chi connectivity index (χ3n) is 3.40. The maximum atomic E-state index is 8.97. The van der Waals surface area contributed by atoms with Gasteiger partial charge in [0.2, 0.25) is 0 Å². The van der Waals surface area contributed by atoms with E-state index < -0.39 is 0 Å². The van der Waals surface area contributed by atoms with Crippen molar-refractivity contribution in [3.8, 4) is 6.07 Å². The first-order chi connectivity index (χ1) is 8.79. The Morgan fingerprint density at radius 2 is 1.94 bits per heavy atom. The second kappa shape index (κ2) is 7.89. The molecule has 98 valence electrons. The number of rotatable bonds is 2. The van der Waals surface area contributed by atoms with Crippen LogP contribution in [0.4, 0.5) is 0 Å². The van der Waals surface area contributed by atoms with E-state index in [9.17, 15) is 0 Å². The van der Waals surface area contributed by atoms with E-state index in [1.54, 1.807) is 0 Å². The molecule has 1 aliphatic heterocycles. The Morgan fingerprint density at radius 3 is 2.50 bits per heavy atom. The molecular weight excluding hydrogens is 220 g/mol. The molecule has 1 fully saturated rings. The van der Waals surface area contributed by atoms with Crippen LogP contribution in [0.2, 0.25) is 0 Å². The maximum Gasteiger partial charge on any atom is 0.0659 e. The van der Waals surface area contributed by atoms with Crippen molar-refractivity contribution in [2.75, 3.05) is 13.1 Å². The minimum Gasteiger partial charge on any atom is -0.299 e. The van der Waals surface area contributed by atoms with E-state index in [1.165, 1.54) is 5.56 Å². The highest BCUT2D eigenvalue weighted by Gasteiger charge is 2.25. The molecule has 0 amide bonds. The fraction of sp³-hybridized carbons (Fsp3) is 0.562. The van der Waals surface area contributed by atoms with E-state index in [4.69, 9.17) is 5.26 Å². The topological polar surface area (TPSA) is 27.0 Å². The average molecular weight is 244 g/mol. The normalized spacial score (nSPS) is 23.7. The highest BCUT2D eigenvalue weighted by molar-refractivity contribution is 5.14. The van der Waals surface area contributed by atoms with Gasteiger partial charge in [-0.1, -0.05) is 51.1 Å². The van der Waals surface area contributed by atoms with Crippen LogP contribution in [-0.2, 0) is 6.54 Å². The standard InChI is InChI=1S/C14H18N2.C2H6/c1-12-10-16(8-7-14(12)9-15)11-13-5-3-2-4-6-13;1-2/h2-6,12,14H,7-8,10-11H2,1H3;1-2H3. The lowest BCUT2D eigenvalue weighted by molar-refractivity contribution is 0.147. The van der Waals surface area contributed by atoms with Gasteiger partial charge in [-0.15, -0.1) is 0 Å². The molecule has 1 aromatic carbocycles. The van der Waals surface area contributed by atoms with Crippen LogP contribution in [0.3, 0.4) is 0 Å². The van der Waals surface area contributed by atoms with Crippen LogP contribution in [0.5, 0.6) is 0 Å². The molecule has 2 rings (SSSR count). The second-order valence-electron chi connectivity index (χ2n) is 4.72. The molecule has 1 saturated heterocycles. The van der Waals surface area contributed by atoms with Crippen molar-refractivity contribution in [1.29, 1.82) is 5.26 Å². The van der Waals surface area contributed by atoms with Crippen molar-refractivity contribution >= 4 is 0 Å². The Kier molecular flexibility index (Phi) is 6.46. The third-order valence-corrected chi connectivity index (χ3v) is 3.40. The van der Waals surface area contributed by atoms with Crippen molar-refractivity contribution in [2.45, 2.75) is 33.7 Å². The molecule has 2 nitrogen and oxygen atoms in total. The summed E-state index contributed by atoms with van der Waals surface area (Å²) in [6.07, 6.45) is 1.02. The van der Waals surface area contributed by atoms with E-state index in [2.05, 4.69) is 42.2 Å². The SMILES string of the molecule is CC.CC1CN(Cc2ccccc2)CCC1C#N. The molecule has 18 heavy (non-hydrogen) atoms. The van der Waals surface area contributed by atoms with Gasteiger partial charge in [-0.2, -0.15) is 5.26 Å².